The largest absolute Gasteiger partial charge is 0.508 e. The van der Waals surface area contributed by atoms with Crippen LogP contribution in [0.3, 0.4) is 0 Å². The number of hydrogen-bond donors (Lipinski definition) is 1. The van der Waals surface area contributed by atoms with Crippen molar-refractivity contribution in [1.82, 2.24) is 0 Å². The Balaban J connectivity index is 1.64. The Morgan fingerprint density at radius 2 is 2.04 bits per heavy atom. The van der Waals surface area contributed by atoms with Gasteiger partial charge in [-0.25, -0.2) is 4.90 Å². The molecule has 2 amide bonds. The highest BCUT2D eigenvalue weighted by Crippen LogP contribution is 2.55. The van der Waals surface area contributed by atoms with E-state index >= 15 is 0 Å². The summed E-state index contributed by atoms with van der Waals surface area (Å²) < 4.78 is 11.2. The van der Waals surface area contributed by atoms with Crippen molar-refractivity contribution >= 4 is 23.5 Å². The normalized spacial score (nSPS) is 33.0. The van der Waals surface area contributed by atoms with Crippen LogP contribution in [-0.2, 0) is 23.9 Å². The summed E-state index contributed by atoms with van der Waals surface area (Å²) in [6.45, 7) is 1.70. The molecule has 3 heterocycles. The number of rotatable bonds is 4. The van der Waals surface area contributed by atoms with E-state index in [0.717, 1.165) is 0 Å². The zero-order chi connectivity index (χ0) is 17.8. The molecule has 0 spiro atoms. The first kappa shape index (κ1) is 16.1. The number of phenolic OH excluding ortho intramolecular Hbond substituents is 1. The van der Waals surface area contributed by atoms with Crippen molar-refractivity contribution in [3.63, 3.8) is 0 Å². The van der Waals surface area contributed by atoms with Gasteiger partial charge in [0.05, 0.1) is 23.6 Å². The van der Waals surface area contributed by atoms with Crippen LogP contribution in [0.1, 0.15) is 26.2 Å². The van der Waals surface area contributed by atoms with Gasteiger partial charge in [-0.1, -0.05) is 6.92 Å². The summed E-state index contributed by atoms with van der Waals surface area (Å²) >= 11 is 0. The third-order valence-electron chi connectivity index (χ3n) is 5.43. The predicted molar refractivity (Wildman–Crippen MR) is 85.7 cm³/mol. The van der Waals surface area contributed by atoms with Crippen LogP contribution >= 0.6 is 0 Å². The summed E-state index contributed by atoms with van der Waals surface area (Å²) in [5, 5.41) is 9.42. The zero-order valence-electron chi connectivity index (χ0n) is 13.8. The summed E-state index contributed by atoms with van der Waals surface area (Å²) in [7, 11) is 0. The average molecular weight is 345 g/mol. The van der Waals surface area contributed by atoms with E-state index in [1.807, 2.05) is 0 Å². The number of phenols is 1. The van der Waals surface area contributed by atoms with Crippen molar-refractivity contribution in [2.45, 2.75) is 37.9 Å². The quantitative estimate of drug-likeness (QED) is 0.655. The number of esters is 1. The Labute approximate surface area is 144 Å². The molecule has 4 atom stereocenters. The van der Waals surface area contributed by atoms with Crippen molar-refractivity contribution < 1.29 is 29.0 Å². The fourth-order valence-electron chi connectivity index (χ4n) is 4.26. The topological polar surface area (TPSA) is 93.1 Å². The van der Waals surface area contributed by atoms with Gasteiger partial charge in [0.15, 0.2) is 0 Å². The van der Waals surface area contributed by atoms with Crippen LogP contribution in [-0.4, -0.2) is 41.2 Å². The van der Waals surface area contributed by atoms with Crippen LogP contribution in [0.5, 0.6) is 5.75 Å². The monoisotopic (exact) mass is 345 g/mol. The summed E-state index contributed by atoms with van der Waals surface area (Å²) in [5.41, 5.74) is -0.472. The Hall–Kier alpha value is -2.41. The minimum absolute atomic E-state index is 0.000220. The maximum Gasteiger partial charge on any atom is 0.305 e. The van der Waals surface area contributed by atoms with Crippen molar-refractivity contribution in [2.24, 2.45) is 11.8 Å². The second kappa shape index (κ2) is 5.56. The zero-order valence-corrected chi connectivity index (χ0v) is 13.8. The molecule has 0 radical (unpaired) electrons. The van der Waals surface area contributed by atoms with E-state index in [0.29, 0.717) is 18.5 Å². The maximum absolute atomic E-state index is 13.0. The number of anilines is 1. The van der Waals surface area contributed by atoms with E-state index in [1.165, 1.54) is 17.0 Å². The maximum atomic E-state index is 13.0. The predicted octanol–water partition coefficient (Wildman–Crippen LogP) is 1.38. The number of benzene rings is 1. The lowest BCUT2D eigenvalue weighted by Crippen LogP contribution is -2.45. The Morgan fingerprint density at radius 3 is 2.72 bits per heavy atom. The van der Waals surface area contributed by atoms with Crippen LogP contribution in [0.15, 0.2) is 24.3 Å². The molecular weight excluding hydrogens is 326 g/mol. The lowest BCUT2D eigenvalue weighted by atomic mass is 9.73. The van der Waals surface area contributed by atoms with E-state index in [1.54, 1.807) is 19.1 Å². The van der Waals surface area contributed by atoms with E-state index in [-0.39, 0.29) is 42.7 Å². The molecule has 7 nitrogen and oxygen atoms in total. The SMILES string of the molecule is CCC(=O)OCC12CCC(O1)C1C(=O)N(c3ccc(O)cc3)C(=O)C12. The van der Waals surface area contributed by atoms with E-state index in [9.17, 15) is 19.5 Å². The van der Waals surface area contributed by atoms with Gasteiger partial charge in [0.2, 0.25) is 11.8 Å². The minimum atomic E-state index is -0.904. The number of fused-ring (bicyclic) bond motifs is 5. The van der Waals surface area contributed by atoms with Gasteiger partial charge < -0.3 is 14.6 Å². The summed E-state index contributed by atoms with van der Waals surface area (Å²) in [5.74, 6) is -2.05. The molecule has 3 aliphatic rings. The van der Waals surface area contributed by atoms with E-state index in [2.05, 4.69) is 0 Å². The van der Waals surface area contributed by atoms with Gasteiger partial charge in [0.25, 0.3) is 0 Å². The third kappa shape index (κ3) is 2.26. The molecule has 0 aromatic heterocycles. The molecule has 4 unspecified atom stereocenters. The van der Waals surface area contributed by atoms with Gasteiger partial charge in [0.1, 0.15) is 18.0 Å². The first-order chi connectivity index (χ1) is 12.0. The smallest absolute Gasteiger partial charge is 0.305 e. The summed E-state index contributed by atoms with van der Waals surface area (Å²) in [6, 6.07) is 5.96. The molecule has 3 saturated heterocycles. The number of imide groups is 1. The minimum Gasteiger partial charge on any atom is -0.508 e. The molecule has 1 aromatic rings. The standard InChI is InChI=1S/C18H19NO6/c1-2-13(21)24-9-18-8-7-12(25-18)14-15(18)17(23)19(16(14)22)10-3-5-11(20)6-4-10/h3-6,12,14-15,20H,2,7-9H2,1H3. The van der Waals surface area contributed by atoms with Crippen LogP contribution in [0.2, 0.25) is 0 Å². The molecule has 1 aromatic carbocycles. The van der Waals surface area contributed by atoms with Crippen molar-refractivity contribution in [3.8, 4) is 5.75 Å². The van der Waals surface area contributed by atoms with Crippen LogP contribution < -0.4 is 4.90 Å². The fraction of sp³-hybridized carbons (Fsp3) is 0.500. The van der Waals surface area contributed by atoms with Gasteiger partial charge in [0, 0.05) is 6.42 Å². The summed E-state index contributed by atoms with van der Waals surface area (Å²) in [6.07, 6.45) is 1.20. The molecule has 0 saturated carbocycles. The molecule has 3 aliphatic heterocycles. The first-order valence-electron chi connectivity index (χ1n) is 8.47. The lowest BCUT2D eigenvalue weighted by Gasteiger charge is -2.30. The highest BCUT2D eigenvalue weighted by Gasteiger charge is 2.70. The highest BCUT2D eigenvalue weighted by atomic mass is 16.6. The number of amides is 2. The number of carbonyl (C=O) groups is 3. The number of carbonyl (C=O) groups excluding carboxylic acids is 3. The first-order valence-corrected chi connectivity index (χ1v) is 8.47. The van der Waals surface area contributed by atoms with Crippen molar-refractivity contribution in [1.29, 1.82) is 0 Å². The third-order valence-corrected chi connectivity index (χ3v) is 5.43. The second-order valence-electron chi connectivity index (χ2n) is 6.81. The molecular formula is C18H19NO6. The number of aromatic hydroxyl groups is 1. The molecule has 0 aliphatic carbocycles. The van der Waals surface area contributed by atoms with Gasteiger partial charge in [-0.3, -0.25) is 14.4 Å². The molecule has 25 heavy (non-hydrogen) atoms. The van der Waals surface area contributed by atoms with Gasteiger partial charge in [-0.05, 0) is 37.1 Å². The van der Waals surface area contributed by atoms with Crippen LogP contribution in [0.4, 0.5) is 5.69 Å². The van der Waals surface area contributed by atoms with E-state index < -0.39 is 17.4 Å². The van der Waals surface area contributed by atoms with Crippen molar-refractivity contribution in [2.75, 3.05) is 11.5 Å². The molecule has 7 heteroatoms. The molecule has 4 rings (SSSR count). The van der Waals surface area contributed by atoms with Gasteiger partial charge in [-0.2, -0.15) is 0 Å². The number of hydrogen-bond acceptors (Lipinski definition) is 6. The fourth-order valence-corrected chi connectivity index (χ4v) is 4.26. The lowest BCUT2D eigenvalue weighted by molar-refractivity contribution is -0.155. The highest BCUT2D eigenvalue weighted by molar-refractivity contribution is 6.23. The van der Waals surface area contributed by atoms with Crippen LogP contribution in [0.25, 0.3) is 0 Å². The van der Waals surface area contributed by atoms with E-state index in [4.69, 9.17) is 9.47 Å². The number of ether oxygens (including phenoxy) is 2. The van der Waals surface area contributed by atoms with Crippen LogP contribution in [0, 0.1) is 11.8 Å². The van der Waals surface area contributed by atoms with Crippen molar-refractivity contribution in [3.05, 3.63) is 24.3 Å². The summed E-state index contributed by atoms with van der Waals surface area (Å²) in [4.78, 5) is 38.6. The molecule has 2 bridgehead atoms. The molecule has 3 fully saturated rings. The molecule has 132 valence electrons. The average Bonchev–Trinajstić information content (AvgIpc) is 3.25. The van der Waals surface area contributed by atoms with Gasteiger partial charge >= 0.3 is 5.97 Å². The van der Waals surface area contributed by atoms with Gasteiger partial charge in [-0.15, -0.1) is 0 Å². The Morgan fingerprint density at radius 1 is 1.32 bits per heavy atom. The Bertz CT molecular complexity index is 744. The Kier molecular flexibility index (Phi) is 3.57. The second-order valence-corrected chi connectivity index (χ2v) is 6.81. The number of nitrogens with zero attached hydrogens (tertiary/aromatic N) is 1. The molecule has 1 N–H and O–H groups in total.